The number of nitrogens with two attached hydrogens (primary N) is 1. The molecule has 0 unspecified atom stereocenters. The van der Waals surface area contributed by atoms with Crippen LogP contribution in [0.3, 0.4) is 0 Å². The van der Waals surface area contributed by atoms with Crippen LogP contribution >= 0.6 is 11.3 Å². The highest BCUT2D eigenvalue weighted by Gasteiger charge is 2.09. The third kappa shape index (κ3) is 1.53. The average molecular weight is 171 g/mol. The Morgan fingerprint density at radius 2 is 2.55 bits per heavy atom. The smallest absolute Gasteiger partial charge is 0.262 e. The molecule has 0 aromatic carbocycles. The SMILES string of the molecule is NC(=O)c1scnc1NC=O. The third-order valence-corrected chi connectivity index (χ3v) is 1.83. The zero-order valence-corrected chi connectivity index (χ0v) is 6.22. The molecule has 1 rings (SSSR count). The first-order valence-electron chi connectivity index (χ1n) is 2.69. The molecule has 0 bridgehead atoms. The van der Waals surface area contributed by atoms with E-state index in [1.807, 2.05) is 0 Å². The van der Waals surface area contributed by atoms with Crippen LogP contribution < -0.4 is 11.1 Å². The highest BCUT2D eigenvalue weighted by atomic mass is 32.1. The molecule has 58 valence electrons. The average Bonchev–Trinajstić information content (AvgIpc) is 2.36. The molecule has 11 heavy (non-hydrogen) atoms. The fraction of sp³-hybridized carbons (Fsp3) is 0. The van der Waals surface area contributed by atoms with Gasteiger partial charge in [-0.3, -0.25) is 9.59 Å². The largest absolute Gasteiger partial charge is 0.365 e. The van der Waals surface area contributed by atoms with E-state index in [1.54, 1.807) is 0 Å². The summed E-state index contributed by atoms with van der Waals surface area (Å²) in [5.74, 6) is -0.366. The Morgan fingerprint density at radius 3 is 3.09 bits per heavy atom. The molecular weight excluding hydrogens is 166 g/mol. The van der Waals surface area contributed by atoms with E-state index in [-0.39, 0.29) is 10.7 Å². The van der Waals surface area contributed by atoms with Crippen molar-refractivity contribution in [1.29, 1.82) is 0 Å². The summed E-state index contributed by atoms with van der Waals surface area (Å²) in [5.41, 5.74) is 6.40. The molecule has 5 nitrogen and oxygen atoms in total. The van der Waals surface area contributed by atoms with E-state index in [4.69, 9.17) is 5.73 Å². The molecule has 0 saturated carbocycles. The Bertz CT molecular complexity index is 283. The van der Waals surface area contributed by atoms with Gasteiger partial charge in [-0.05, 0) is 0 Å². The zero-order valence-electron chi connectivity index (χ0n) is 5.40. The van der Waals surface area contributed by atoms with Crippen LogP contribution in [0.15, 0.2) is 5.51 Å². The monoisotopic (exact) mass is 171 g/mol. The Balaban J connectivity index is 2.95. The van der Waals surface area contributed by atoms with Gasteiger partial charge in [0.2, 0.25) is 6.41 Å². The molecule has 1 aromatic heterocycles. The number of nitrogens with zero attached hydrogens (tertiary/aromatic N) is 1. The Labute approximate surface area is 66.2 Å². The van der Waals surface area contributed by atoms with Crippen LogP contribution in [0.1, 0.15) is 9.67 Å². The van der Waals surface area contributed by atoms with Crippen LogP contribution in [-0.2, 0) is 4.79 Å². The molecule has 0 radical (unpaired) electrons. The van der Waals surface area contributed by atoms with Crippen molar-refractivity contribution in [2.45, 2.75) is 0 Å². The molecule has 0 aliphatic heterocycles. The Kier molecular flexibility index (Phi) is 2.17. The van der Waals surface area contributed by atoms with Gasteiger partial charge >= 0.3 is 0 Å². The van der Waals surface area contributed by atoms with Crippen LogP contribution in [0.2, 0.25) is 0 Å². The van der Waals surface area contributed by atoms with Crippen molar-refractivity contribution in [3.63, 3.8) is 0 Å². The summed E-state index contributed by atoms with van der Waals surface area (Å²) >= 11 is 1.09. The second-order valence-corrected chi connectivity index (χ2v) is 2.51. The Hall–Kier alpha value is -1.43. The molecule has 3 N–H and O–H groups in total. The molecule has 6 heteroatoms. The summed E-state index contributed by atoms with van der Waals surface area (Å²) in [6, 6.07) is 0. The number of primary amides is 1. The van der Waals surface area contributed by atoms with E-state index in [2.05, 4.69) is 10.3 Å². The summed E-state index contributed by atoms with van der Waals surface area (Å²) in [5, 5.41) is 2.26. The van der Waals surface area contributed by atoms with E-state index >= 15 is 0 Å². The van der Waals surface area contributed by atoms with Crippen molar-refractivity contribution in [2.24, 2.45) is 5.73 Å². The maximum Gasteiger partial charge on any atom is 0.262 e. The number of nitrogens with one attached hydrogen (secondary N) is 1. The van der Waals surface area contributed by atoms with Crippen LogP contribution in [0.5, 0.6) is 0 Å². The topological polar surface area (TPSA) is 85.1 Å². The van der Waals surface area contributed by atoms with Gasteiger partial charge in [0.15, 0.2) is 5.82 Å². The number of rotatable bonds is 3. The molecule has 1 heterocycles. The summed E-state index contributed by atoms with van der Waals surface area (Å²) in [4.78, 5) is 24.5. The molecule has 2 amide bonds. The Morgan fingerprint density at radius 1 is 1.82 bits per heavy atom. The van der Waals surface area contributed by atoms with Gasteiger partial charge in [0, 0.05) is 0 Å². The predicted octanol–water partition coefficient (Wildman–Crippen LogP) is -0.190. The number of carbonyl (C=O) groups excluding carboxylic acids is 2. The predicted molar refractivity (Wildman–Crippen MR) is 40.3 cm³/mol. The van der Waals surface area contributed by atoms with Gasteiger partial charge in [0.05, 0.1) is 5.51 Å². The minimum atomic E-state index is -0.586. The molecule has 0 aliphatic rings. The van der Waals surface area contributed by atoms with E-state index in [1.165, 1.54) is 5.51 Å². The van der Waals surface area contributed by atoms with Crippen LogP contribution in [-0.4, -0.2) is 17.3 Å². The molecular formula is C5H5N3O2S. The number of anilines is 1. The van der Waals surface area contributed by atoms with Crippen molar-refractivity contribution in [1.82, 2.24) is 4.98 Å². The molecule has 0 aliphatic carbocycles. The van der Waals surface area contributed by atoms with Crippen LogP contribution in [0.4, 0.5) is 5.82 Å². The maximum atomic E-state index is 10.6. The van der Waals surface area contributed by atoms with E-state index in [0.717, 1.165) is 11.3 Å². The van der Waals surface area contributed by atoms with Gasteiger partial charge in [0.25, 0.3) is 5.91 Å². The molecule has 0 spiro atoms. The molecule has 1 aromatic rings. The molecule has 0 atom stereocenters. The summed E-state index contributed by atoms with van der Waals surface area (Å²) in [6.07, 6.45) is 0.446. The van der Waals surface area contributed by atoms with Crippen molar-refractivity contribution < 1.29 is 9.59 Å². The van der Waals surface area contributed by atoms with Gasteiger partial charge in [-0.2, -0.15) is 0 Å². The standard InChI is InChI=1S/C5H5N3O2S/c6-4(10)3-5(7-1-9)8-2-11-3/h1-2H,(H2,6,10)(H,7,9). The summed E-state index contributed by atoms with van der Waals surface area (Å²) in [7, 11) is 0. The first-order chi connectivity index (χ1) is 5.25. The lowest BCUT2D eigenvalue weighted by atomic mass is 10.5. The summed E-state index contributed by atoms with van der Waals surface area (Å²) in [6.45, 7) is 0. The third-order valence-electron chi connectivity index (χ3n) is 0.987. The maximum absolute atomic E-state index is 10.6. The van der Waals surface area contributed by atoms with Crippen LogP contribution in [0.25, 0.3) is 0 Å². The highest BCUT2D eigenvalue weighted by molar-refractivity contribution is 7.12. The number of hydrogen-bond acceptors (Lipinski definition) is 4. The molecule has 0 fully saturated rings. The van der Waals surface area contributed by atoms with Crippen molar-refractivity contribution >= 4 is 29.5 Å². The van der Waals surface area contributed by atoms with E-state index in [9.17, 15) is 9.59 Å². The van der Waals surface area contributed by atoms with Gasteiger partial charge in [0.1, 0.15) is 4.88 Å². The van der Waals surface area contributed by atoms with Gasteiger partial charge in [-0.1, -0.05) is 0 Å². The number of amides is 2. The van der Waals surface area contributed by atoms with Crippen molar-refractivity contribution in [3.05, 3.63) is 10.4 Å². The summed E-state index contributed by atoms with van der Waals surface area (Å²) < 4.78 is 0. The highest BCUT2D eigenvalue weighted by Crippen LogP contribution is 2.16. The fourth-order valence-corrected chi connectivity index (χ4v) is 1.18. The van der Waals surface area contributed by atoms with Crippen molar-refractivity contribution in [2.75, 3.05) is 5.32 Å². The first kappa shape index (κ1) is 7.67. The first-order valence-corrected chi connectivity index (χ1v) is 3.57. The second kappa shape index (κ2) is 3.11. The van der Waals surface area contributed by atoms with Crippen LogP contribution in [0, 0.1) is 0 Å². The fourth-order valence-electron chi connectivity index (χ4n) is 0.580. The lowest BCUT2D eigenvalue weighted by Crippen LogP contribution is -2.11. The minimum absolute atomic E-state index is 0.220. The lowest BCUT2D eigenvalue weighted by molar-refractivity contribution is -0.105. The minimum Gasteiger partial charge on any atom is -0.365 e. The van der Waals surface area contributed by atoms with E-state index in [0.29, 0.717) is 6.41 Å². The molecule has 0 saturated heterocycles. The van der Waals surface area contributed by atoms with Gasteiger partial charge in [-0.15, -0.1) is 11.3 Å². The van der Waals surface area contributed by atoms with Gasteiger partial charge in [-0.25, -0.2) is 4.98 Å². The number of thiazole rings is 1. The van der Waals surface area contributed by atoms with E-state index < -0.39 is 5.91 Å². The second-order valence-electron chi connectivity index (χ2n) is 1.66. The normalized spacial score (nSPS) is 9.09. The zero-order chi connectivity index (χ0) is 8.27. The van der Waals surface area contributed by atoms with Gasteiger partial charge < -0.3 is 11.1 Å². The quantitative estimate of drug-likeness (QED) is 0.618. The lowest BCUT2D eigenvalue weighted by Gasteiger charge is -1.92. The van der Waals surface area contributed by atoms with Crippen molar-refractivity contribution in [3.8, 4) is 0 Å². The number of aromatic nitrogens is 1. The number of carbonyl (C=O) groups is 2. The number of hydrogen-bond donors (Lipinski definition) is 2.